The monoisotopic (exact) mass is 698 g/mol. The summed E-state index contributed by atoms with van der Waals surface area (Å²) in [6, 6.07) is 5.42. The maximum Gasteiger partial charge on any atom is 0.410 e. The van der Waals surface area contributed by atoms with Crippen LogP contribution in [0.25, 0.3) is 0 Å². The highest BCUT2D eigenvalue weighted by Crippen LogP contribution is 2.43. The normalized spacial score (nSPS) is 23.1. The highest BCUT2D eigenvalue weighted by atomic mass is 16.6. The first-order valence-electron chi connectivity index (χ1n) is 18.5. The lowest BCUT2D eigenvalue weighted by Gasteiger charge is -2.41. The maximum absolute atomic E-state index is 14.7. The van der Waals surface area contributed by atoms with Gasteiger partial charge >= 0.3 is 6.09 Å². The van der Waals surface area contributed by atoms with Gasteiger partial charge in [0, 0.05) is 52.2 Å². The van der Waals surface area contributed by atoms with Crippen LogP contribution >= 0.6 is 0 Å². The van der Waals surface area contributed by atoms with E-state index in [1.807, 2.05) is 23.1 Å². The third-order valence-electron chi connectivity index (χ3n) is 10.2. The van der Waals surface area contributed by atoms with Gasteiger partial charge in [0.15, 0.2) is 5.60 Å². The molecule has 1 N–H and O–H groups in total. The zero-order chi connectivity index (χ0) is 36.2. The Balaban J connectivity index is 1.42. The van der Waals surface area contributed by atoms with Crippen molar-refractivity contribution in [3.8, 4) is 5.75 Å². The predicted molar refractivity (Wildman–Crippen MR) is 190 cm³/mol. The van der Waals surface area contributed by atoms with Crippen molar-refractivity contribution in [2.24, 2.45) is 17.8 Å². The first kappa shape index (κ1) is 37.9. The van der Waals surface area contributed by atoms with E-state index in [0.29, 0.717) is 55.6 Å². The maximum atomic E-state index is 14.7. The molecule has 0 aromatic heterocycles. The summed E-state index contributed by atoms with van der Waals surface area (Å²) in [4.78, 5) is 60.7. The molecule has 12 nitrogen and oxygen atoms in total. The van der Waals surface area contributed by atoms with Crippen molar-refractivity contribution in [1.82, 2.24) is 10.2 Å². The number of hydrogen-bond donors (Lipinski definition) is 1. The molecule has 1 aromatic rings. The molecule has 5 rings (SSSR count). The number of amides is 4. The van der Waals surface area contributed by atoms with Gasteiger partial charge in [-0.3, -0.25) is 14.4 Å². The molecule has 2 aliphatic carbocycles. The predicted octanol–water partition coefficient (Wildman–Crippen LogP) is 5.31. The molecule has 3 atom stereocenters. The van der Waals surface area contributed by atoms with E-state index < -0.39 is 29.1 Å². The molecule has 4 aliphatic rings. The summed E-state index contributed by atoms with van der Waals surface area (Å²) in [6.45, 7) is 10.6. The van der Waals surface area contributed by atoms with Crippen LogP contribution in [-0.2, 0) is 28.6 Å². The smallest absolute Gasteiger partial charge is 0.410 e. The third-order valence-corrected chi connectivity index (χ3v) is 10.2. The second-order valence-corrected chi connectivity index (χ2v) is 16.0. The molecule has 3 fully saturated rings. The summed E-state index contributed by atoms with van der Waals surface area (Å²) in [7, 11) is 3.28. The number of carbonyl (C=O) groups excluding carboxylic acids is 4. The van der Waals surface area contributed by atoms with Crippen molar-refractivity contribution in [2.45, 2.75) is 116 Å². The van der Waals surface area contributed by atoms with Gasteiger partial charge < -0.3 is 39.0 Å². The number of nitrogens with one attached hydrogen (secondary N) is 1. The summed E-state index contributed by atoms with van der Waals surface area (Å²) in [6.07, 6.45) is 7.66. The Labute approximate surface area is 297 Å². The quantitative estimate of drug-likeness (QED) is 0.291. The van der Waals surface area contributed by atoms with Gasteiger partial charge in [-0.25, -0.2) is 4.79 Å². The van der Waals surface area contributed by atoms with Gasteiger partial charge in [0.25, 0.3) is 5.91 Å². The van der Waals surface area contributed by atoms with E-state index in [1.54, 1.807) is 53.7 Å². The Morgan fingerprint density at radius 2 is 1.72 bits per heavy atom. The van der Waals surface area contributed by atoms with E-state index >= 15 is 0 Å². The van der Waals surface area contributed by atoms with Crippen molar-refractivity contribution >= 4 is 35.2 Å². The van der Waals surface area contributed by atoms with Crippen LogP contribution in [0.4, 0.5) is 16.2 Å². The van der Waals surface area contributed by atoms with Crippen LogP contribution in [0.1, 0.15) is 92.4 Å². The molecule has 0 bridgehead atoms. The van der Waals surface area contributed by atoms with E-state index in [4.69, 9.17) is 18.9 Å². The molecule has 1 saturated heterocycles. The Morgan fingerprint density at radius 3 is 2.36 bits per heavy atom. The zero-order valence-electron chi connectivity index (χ0n) is 31.1. The summed E-state index contributed by atoms with van der Waals surface area (Å²) < 4.78 is 22.7. The zero-order valence-corrected chi connectivity index (χ0v) is 31.1. The van der Waals surface area contributed by atoms with Gasteiger partial charge in [0.05, 0.1) is 30.2 Å². The molecular weight excluding hydrogens is 640 g/mol. The molecule has 50 heavy (non-hydrogen) atoms. The Hall–Kier alpha value is -3.38. The molecule has 2 saturated carbocycles. The van der Waals surface area contributed by atoms with Gasteiger partial charge in [0.1, 0.15) is 11.4 Å². The molecule has 0 radical (unpaired) electrons. The van der Waals surface area contributed by atoms with Crippen LogP contribution in [0.3, 0.4) is 0 Å². The minimum atomic E-state index is -1.03. The number of hydrogen-bond acceptors (Lipinski definition) is 8. The van der Waals surface area contributed by atoms with Crippen LogP contribution in [0, 0.1) is 17.8 Å². The summed E-state index contributed by atoms with van der Waals surface area (Å²) in [5.41, 5.74) is -0.486. The lowest BCUT2D eigenvalue weighted by atomic mass is 9.83. The number of piperidine rings is 1. The molecule has 278 valence electrons. The first-order valence-corrected chi connectivity index (χ1v) is 18.5. The van der Waals surface area contributed by atoms with E-state index in [1.165, 1.54) is 11.3 Å². The second kappa shape index (κ2) is 15.9. The van der Waals surface area contributed by atoms with Crippen LogP contribution in [-0.4, -0.2) is 99.1 Å². The lowest BCUT2D eigenvalue weighted by molar-refractivity contribution is -0.133. The number of carbonyl (C=O) groups is 4. The molecule has 4 amide bonds. The van der Waals surface area contributed by atoms with Crippen LogP contribution in [0.15, 0.2) is 18.2 Å². The van der Waals surface area contributed by atoms with Gasteiger partial charge in [-0.2, -0.15) is 0 Å². The van der Waals surface area contributed by atoms with E-state index in [0.717, 1.165) is 38.5 Å². The fourth-order valence-corrected chi connectivity index (χ4v) is 7.60. The highest BCUT2D eigenvalue weighted by molar-refractivity contribution is 6.04. The summed E-state index contributed by atoms with van der Waals surface area (Å²) in [5.74, 6) is -0.782. The number of likely N-dealkylation sites (tertiary alicyclic amines) is 1. The number of rotatable bonds is 12. The van der Waals surface area contributed by atoms with Crippen LogP contribution in [0.5, 0.6) is 5.75 Å². The van der Waals surface area contributed by atoms with Gasteiger partial charge in [-0.15, -0.1) is 0 Å². The number of ether oxygens (including phenoxy) is 4. The van der Waals surface area contributed by atoms with Gasteiger partial charge in [-0.1, -0.05) is 19.3 Å². The topological polar surface area (TPSA) is 127 Å². The van der Waals surface area contributed by atoms with Gasteiger partial charge in [-0.05, 0) is 97.3 Å². The van der Waals surface area contributed by atoms with E-state index in [-0.39, 0.29) is 42.9 Å². The molecule has 2 aliphatic heterocycles. The van der Waals surface area contributed by atoms with Gasteiger partial charge in [0.2, 0.25) is 11.8 Å². The van der Waals surface area contributed by atoms with Crippen molar-refractivity contribution in [1.29, 1.82) is 0 Å². The largest absolute Gasteiger partial charge is 0.476 e. The summed E-state index contributed by atoms with van der Waals surface area (Å²) >= 11 is 0. The minimum absolute atomic E-state index is 0.0132. The summed E-state index contributed by atoms with van der Waals surface area (Å²) in [5, 5.41) is 3.26. The van der Waals surface area contributed by atoms with E-state index in [9.17, 15) is 19.2 Å². The van der Waals surface area contributed by atoms with Crippen molar-refractivity contribution in [2.75, 3.05) is 56.9 Å². The Bertz CT molecular complexity index is 1380. The molecular formula is C38H58N4O8. The molecule has 0 unspecified atom stereocenters. The average Bonchev–Trinajstić information content (AvgIpc) is 3.91. The number of fused-ring (bicyclic) bond motifs is 1. The highest BCUT2D eigenvalue weighted by Gasteiger charge is 2.45. The van der Waals surface area contributed by atoms with Crippen molar-refractivity contribution < 1.29 is 38.1 Å². The van der Waals surface area contributed by atoms with Crippen LogP contribution in [0.2, 0.25) is 0 Å². The van der Waals surface area contributed by atoms with Crippen molar-refractivity contribution in [3.05, 3.63) is 18.2 Å². The Morgan fingerprint density at radius 1 is 1.02 bits per heavy atom. The lowest BCUT2D eigenvalue weighted by Crippen LogP contribution is -2.55. The fourth-order valence-electron chi connectivity index (χ4n) is 7.60. The SMILES string of the molecule is COCCCN1C(=O)C(C)(C)Oc2ccc(N(C(=O)[C@@H]3C[C@H](C(=O)N[C@H](COC)C4CCCCC4)CN(C(=O)OC(C)(C)C)C3)C3CC3)cc21. The third kappa shape index (κ3) is 9.09. The van der Waals surface area contributed by atoms with E-state index in [2.05, 4.69) is 5.32 Å². The number of nitrogens with zero attached hydrogens (tertiary/aromatic N) is 3. The molecule has 12 heteroatoms. The number of benzene rings is 1. The van der Waals surface area contributed by atoms with Crippen LogP contribution < -0.4 is 19.9 Å². The molecule has 0 spiro atoms. The standard InChI is InChI=1S/C38H58N4O8/c1-37(2,3)50-36(46)40-22-26(33(43)39-30(24-48-7)25-12-9-8-10-13-25)20-27(23-40)34(44)42(28-14-15-28)29-16-17-32-31(21-29)41(18-11-19-47-6)35(45)38(4,5)49-32/h16-17,21,25-28,30H,8-15,18-20,22-24H2,1-7H3,(H,39,43)/t26-,27+,30+/m0/s1. The van der Waals surface area contributed by atoms with Crippen molar-refractivity contribution in [3.63, 3.8) is 0 Å². The minimum Gasteiger partial charge on any atom is -0.476 e. The number of anilines is 2. The molecule has 1 aromatic carbocycles. The Kier molecular flexibility index (Phi) is 12.0. The first-order chi connectivity index (χ1) is 23.7. The average molecular weight is 699 g/mol. The fraction of sp³-hybridized carbons (Fsp3) is 0.737. The number of methoxy groups -OCH3 is 2. The second-order valence-electron chi connectivity index (χ2n) is 16.0. The molecule has 2 heterocycles.